The third-order valence-electron chi connectivity index (χ3n) is 2.16. The zero-order valence-electron chi connectivity index (χ0n) is 9.03. The van der Waals surface area contributed by atoms with Gasteiger partial charge in [-0.05, 0) is 30.7 Å². The number of aromatic nitrogens is 2. The van der Waals surface area contributed by atoms with Crippen molar-refractivity contribution in [2.24, 2.45) is 0 Å². The van der Waals surface area contributed by atoms with Crippen LogP contribution in [0.2, 0.25) is 0 Å². The molecule has 1 aromatic heterocycles. The Kier molecular flexibility index (Phi) is 2.96. The predicted octanol–water partition coefficient (Wildman–Crippen LogP) is 2.33. The highest BCUT2D eigenvalue weighted by atomic mass is 19.1. The Morgan fingerprint density at radius 1 is 1.44 bits per heavy atom. The van der Waals surface area contributed by atoms with Crippen molar-refractivity contribution in [3.63, 3.8) is 0 Å². The number of ether oxygens (including phenoxy) is 1. The van der Waals surface area contributed by atoms with Crippen LogP contribution in [0.15, 0.2) is 22.7 Å². The molecule has 0 aliphatic rings. The van der Waals surface area contributed by atoms with Crippen molar-refractivity contribution < 1.29 is 13.7 Å². The molecule has 0 unspecified atom stereocenters. The number of benzene rings is 1. The highest BCUT2D eigenvalue weighted by Gasteiger charge is 2.11. The molecule has 5 heteroatoms. The lowest BCUT2D eigenvalue weighted by atomic mass is 10.1. The molecule has 0 saturated carbocycles. The van der Waals surface area contributed by atoms with Gasteiger partial charge in [0.05, 0.1) is 0 Å². The number of halogens is 1. The Balaban J connectivity index is 2.35. The molecule has 1 aromatic carbocycles. The van der Waals surface area contributed by atoms with Gasteiger partial charge in [0.15, 0.2) is 5.82 Å². The van der Waals surface area contributed by atoms with Gasteiger partial charge in [-0.25, -0.2) is 4.39 Å². The van der Waals surface area contributed by atoms with Gasteiger partial charge in [0.25, 0.3) is 5.89 Å². The first-order chi connectivity index (χ1) is 7.70. The summed E-state index contributed by atoms with van der Waals surface area (Å²) in [7, 11) is 1.55. The van der Waals surface area contributed by atoms with Gasteiger partial charge < -0.3 is 9.26 Å². The summed E-state index contributed by atoms with van der Waals surface area (Å²) in [6, 6.07) is 4.41. The average molecular weight is 222 g/mol. The molecule has 4 nitrogen and oxygen atoms in total. The Bertz CT molecular complexity index is 496. The summed E-state index contributed by atoms with van der Waals surface area (Å²) >= 11 is 0. The number of aryl methyl sites for hydroxylation is 1. The van der Waals surface area contributed by atoms with E-state index in [1.54, 1.807) is 20.1 Å². The fourth-order valence-electron chi connectivity index (χ4n) is 1.42. The first-order valence-corrected chi connectivity index (χ1v) is 4.79. The van der Waals surface area contributed by atoms with Crippen LogP contribution < -0.4 is 0 Å². The van der Waals surface area contributed by atoms with Crippen molar-refractivity contribution in [1.82, 2.24) is 10.1 Å². The average Bonchev–Trinajstić information content (AvgIpc) is 2.67. The molecule has 1 heterocycles. The first-order valence-electron chi connectivity index (χ1n) is 4.79. The first kappa shape index (κ1) is 10.8. The molecule has 16 heavy (non-hydrogen) atoms. The van der Waals surface area contributed by atoms with Crippen LogP contribution in [0, 0.1) is 12.7 Å². The highest BCUT2D eigenvalue weighted by molar-refractivity contribution is 5.57. The molecule has 0 aliphatic carbocycles. The van der Waals surface area contributed by atoms with Gasteiger partial charge in [0, 0.05) is 12.7 Å². The minimum absolute atomic E-state index is 0.280. The lowest BCUT2D eigenvalue weighted by Gasteiger charge is -1.99. The monoisotopic (exact) mass is 222 g/mol. The molecule has 0 bridgehead atoms. The summed E-state index contributed by atoms with van der Waals surface area (Å²) in [5, 5.41) is 3.74. The number of hydrogen-bond donors (Lipinski definition) is 0. The van der Waals surface area contributed by atoms with Crippen LogP contribution in [0.4, 0.5) is 4.39 Å². The van der Waals surface area contributed by atoms with Crippen LogP contribution in [-0.4, -0.2) is 17.3 Å². The van der Waals surface area contributed by atoms with E-state index in [0.717, 1.165) is 11.1 Å². The number of rotatable bonds is 3. The van der Waals surface area contributed by atoms with Crippen molar-refractivity contribution in [3.05, 3.63) is 35.4 Å². The van der Waals surface area contributed by atoms with Crippen molar-refractivity contribution in [1.29, 1.82) is 0 Å². The van der Waals surface area contributed by atoms with Gasteiger partial charge in [0.2, 0.25) is 0 Å². The van der Waals surface area contributed by atoms with Gasteiger partial charge in [-0.15, -0.1) is 0 Å². The molecule has 0 spiro atoms. The third kappa shape index (κ3) is 2.09. The lowest BCUT2D eigenvalue weighted by Crippen LogP contribution is -1.90. The van der Waals surface area contributed by atoms with Crippen LogP contribution in [-0.2, 0) is 11.3 Å². The van der Waals surface area contributed by atoms with E-state index in [1.165, 1.54) is 12.1 Å². The van der Waals surface area contributed by atoms with Crippen LogP contribution >= 0.6 is 0 Å². The summed E-state index contributed by atoms with van der Waals surface area (Å²) in [4.78, 5) is 4.14. The quantitative estimate of drug-likeness (QED) is 0.799. The van der Waals surface area contributed by atoms with Crippen LogP contribution in [0.1, 0.15) is 11.4 Å². The van der Waals surface area contributed by atoms with Crippen LogP contribution in [0.5, 0.6) is 0 Å². The zero-order chi connectivity index (χ0) is 11.5. The maximum absolute atomic E-state index is 12.9. The molecular weight excluding hydrogens is 211 g/mol. The van der Waals surface area contributed by atoms with Gasteiger partial charge in [0.1, 0.15) is 12.4 Å². The molecule has 84 valence electrons. The van der Waals surface area contributed by atoms with Crippen LogP contribution in [0.3, 0.4) is 0 Å². The molecular formula is C11H11FN2O2. The van der Waals surface area contributed by atoms with E-state index >= 15 is 0 Å². The Hall–Kier alpha value is -1.75. The smallest absolute Gasteiger partial charge is 0.258 e. The maximum atomic E-state index is 12.9. The van der Waals surface area contributed by atoms with Crippen molar-refractivity contribution >= 4 is 0 Å². The van der Waals surface area contributed by atoms with E-state index < -0.39 is 0 Å². The molecule has 0 radical (unpaired) electrons. The highest BCUT2D eigenvalue weighted by Crippen LogP contribution is 2.22. The summed E-state index contributed by atoms with van der Waals surface area (Å²) in [5.41, 5.74) is 1.49. The number of nitrogens with zero attached hydrogens (tertiary/aromatic N) is 2. The second kappa shape index (κ2) is 4.40. The predicted molar refractivity (Wildman–Crippen MR) is 55.1 cm³/mol. The maximum Gasteiger partial charge on any atom is 0.258 e. The minimum Gasteiger partial charge on any atom is -0.377 e. The van der Waals surface area contributed by atoms with E-state index in [-0.39, 0.29) is 5.82 Å². The van der Waals surface area contributed by atoms with E-state index in [1.807, 2.05) is 0 Å². The minimum atomic E-state index is -0.280. The normalized spacial score (nSPS) is 10.7. The third-order valence-corrected chi connectivity index (χ3v) is 2.16. The lowest BCUT2D eigenvalue weighted by molar-refractivity contribution is 0.174. The standard InChI is InChI=1S/C11H11FN2O2/c1-7-5-8(12)3-4-9(7)11-13-10(6-15-2)14-16-11/h3-5H,6H2,1-2H3. The van der Waals surface area contributed by atoms with Crippen molar-refractivity contribution in [3.8, 4) is 11.5 Å². The fraction of sp³-hybridized carbons (Fsp3) is 0.273. The fourth-order valence-corrected chi connectivity index (χ4v) is 1.42. The largest absolute Gasteiger partial charge is 0.377 e. The molecule has 0 N–H and O–H groups in total. The van der Waals surface area contributed by atoms with Crippen molar-refractivity contribution in [2.45, 2.75) is 13.5 Å². The van der Waals surface area contributed by atoms with E-state index in [9.17, 15) is 4.39 Å². The Morgan fingerprint density at radius 2 is 2.25 bits per heavy atom. The summed E-state index contributed by atoms with van der Waals surface area (Å²) in [5.74, 6) is 0.573. The Morgan fingerprint density at radius 3 is 2.94 bits per heavy atom. The zero-order valence-corrected chi connectivity index (χ0v) is 9.03. The summed E-state index contributed by atoms with van der Waals surface area (Å²) < 4.78 is 22.8. The number of hydrogen-bond acceptors (Lipinski definition) is 4. The Labute approximate surface area is 92.0 Å². The molecule has 0 saturated heterocycles. The van der Waals surface area contributed by atoms with E-state index in [2.05, 4.69) is 10.1 Å². The van der Waals surface area contributed by atoms with Gasteiger partial charge >= 0.3 is 0 Å². The molecule has 0 atom stereocenters. The molecule has 2 rings (SSSR count). The number of methoxy groups -OCH3 is 1. The van der Waals surface area contributed by atoms with Gasteiger partial charge in [-0.1, -0.05) is 5.16 Å². The molecule has 0 aliphatic heterocycles. The SMILES string of the molecule is COCc1noc(-c2ccc(F)cc2C)n1. The molecule has 0 fully saturated rings. The van der Waals surface area contributed by atoms with Crippen molar-refractivity contribution in [2.75, 3.05) is 7.11 Å². The van der Waals surface area contributed by atoms with Gasteiger partial charge in [-0.3, -0.25) is 0 Å². The van der Waals surface area contributed by atoms with Crippen LogP contribution in [0.25, 0.3) is 11.5 Å². The van der Waals surface area contributed by atoms with E-state index in [4.69, 9.17) is 9.26 Å². The second-order valence-corrected chi connectivity index (χ2v) is 3.41. The molecule has 0 amide bonds. The summed E-state index contributed by atoms with van der Waals surface area (Å²) in [6.45, 7) is 2.09. The van der Waals surface area contributed by atoms with Gasteiger partial charge in [-0.2, -0.15) is 4.98 Å². The molecule has 2 aromatic rings. The van der Waals surface area contributed by atoms with E-state index in [0.29, 0.717) is 18.3 Å². The topological polar surface area (TPSA) is 48.2 Å². The second-order valence-electron chi connectivity index (χ2n) is 3.41. The summed E-state index contributed by atoms with van der Waals surface area (Å²) in [6.07, 6.45) is 0.